The van der Waals surface area contributed by atoms with Crippen LogP contribution in [0.3, 0.4) is 0 Å². The molecule has 0 bridgehead atoms. The first-order valence-corrected chi connectivity index (χ1v) is 6.89. The van der Waals surface area contributed by atoms with Crippen LogP contribution in [0.4, 0.5) is 0 Å². The van der Waals surface area contributed by atoms with Crippen LogP contribution in [0.25, 0.3) is 0 Å². The predicted octanol–water partition coefficient (Wildman–Crippen LogP) is 2.61. The maximum absolute atomic E-state index is 11.5. The minimum Gasteiger partial charge on any atom is -0.374 e. The summed E-state index contributed by atoms with van der Waals surface area (Å²) in [5.74, 6) is 0.312. The lowest BCUT2D eigenvalue weighted by molar-refractivity contribution is -0.129. The van der Waals surface area contributed by atoms with Crippen molar-refractivity contribution in [3.8, 4) is 0 Å². The van der Waals surface area contributed by atoms with E-state index in [0.717, 1.165) is 4.99 Å². The Labute approximate surface area is 121 Å². The molecule has 0 aliphatic rings. The highest BCUT2D eigenvalue weighted by Gasteiger charge is 2.24. The van der Waals surface area contributed by atoms with Gasteiger partial charge in [0.15, 0.2) is 0 Å². The number of nitrogens with zero attached hydrogens (tertiary/aromatic N) is 1. The molecule has 0 saturated carbocycles. The first-order chi connectivity index (χ1) is 8.93. The van der Waals surface area contributed by atoms with Crippen LogP contribution in [0.2, 0.25) is 0 Å². The maximum Gasteiger partial charge on any atom is 0.219 e. The van der Waals surface area contributed by atoms with Gasteiger partial charge >= 0.3 is 0 Å². The summed E-state index contributed by atoms with van der Waals surface area (Å²) in [5.41, 5.74) is 1.18. The number of amides is 1. The van der Waals surface area contributed by atoms with Crippen molar-refractivity contribution in [2.24, 2.45) is 5.92 Å². The molecule has 0 unspecified atom stereocenters. The van der Waals surface area contributed by atoms with Gasteiger partial charge in [0.2, 0.25) is 5.91 Å². The standard InChI is InChI=1S/C15H22N2OS/c1-11(2)14(17(4)12(3)18)15(19)16-10-13-8-6-5-7-9-13/h5-9,11,14H,10H2,1-4H3,(H,16,19)/t14-/m1/s1. The SMILES string of the molecule is CC(=O)N(C)[C@@H](C(=S)NCc1ccccc1)C(C)C. The number of thiocarbonyl (C=S) groups is 1. The molecule has 1 N–H and O–H groups in total. The zero-order valence-corrected chi connectivity index (χ0v) is 12.8. The molecule has 1 aromatic carbocycles. The summed E-state index contributed by atoms with van der Waals surface area (Å²) in [5, 5.41) is 3.25. The van der Waals surface area contributed by atoms with Gasteiger partial charge in [-0.2, -0.15) is 0 Å². The van der Waals surface area contributed by atoms with E-state index in [1.807, 2.05) is 18.2 Å². The Bertz CT molecular complexity index is 431. The van der Waals surface area contributed by atoms with Gasteiger partial charge in [-0.05, 0) is 11.5 Å². The Hall–Kier alpha value is -1.42. The van der Waals surface area contributed by atoms with Gasteiger partial charge in [0.1, 0.15) is 0 Å². The van der Waals surface area contributed by atoms with E-state index < -0.39 is 0 Å². The monoisotopic (exact) mass is 278 g/mol. The maximum atomic E-state index is 11.5. The van der Waals surface area contributed by atoms with E-state index in [2.05, 4.69) is 31.3 Å². The fourth-order valence-corrected chi connectivity index (χ4v) is 2.51. The lowest BCUT2D eigenvalue weighted by Gasteiger charge is -2.31. The van der Waals surface area contributed by atoms with Crippen LogP contribution < -0.4 is 5.32 Å². The zero-order chi connectivity index (χ0) is 14.4. The van der Waals surface area contributed by atoms with Crippen LogP contribution >= 0.6 is 12.2 Å². The molecule has 0 aliphatic heterocycles. The Morgan fingerprint density at radius 2 is 1.89 bits per heavy atom. The van der Waals surface area contributed by atoms with Crippen molar-refractivity contribution in [1.82, 2.24) is 10.2 Å². The molecule has 0 radical (unpaired) electrons. The normalized spacial score (nSPS) is 12.1. The van der Waals surface area contributed by atoms with Gasteiger partial charge in [0, 0.05) is 20.5 Å². The highest BCUT2D eigenvalue weighted by Crippen LogP contribution is 2.11. The highest BCUT2D eigenvalue weighted by molar-refractivity contribution is 7.80. The van der Waals surface area contributed by atoms with E-state index >= 15 is 0 Å². The Morgan fingerprint density at radius 1 is 1.32 bits per heavy atom. The topological polar surface area (TPSA) is 32.3 Å². The molecule has 4 heteroatoms. The van der Waals surface area contributed by atoms with Gasteiger partial charge in [-0.3, -0.25) is 4.79 Å². The summed E-state index contributed by atoms with van der Waals surface area (Å²) < 4.78 is 0. The first kappa shape index (κ1) is 15.6. The van der Waals surface area contributed by atoms with Crippen molar-refractivity contribution in [3.63, 3.8) is 0 Å². The van der Waals surface area contributed by atoms with Crippen LogP contribution in [0.15, 0.2) is 30.3 Å². The molecule has 0 aliphatic carbocycles. The molecule has 0 spiro atoms. The second kappa shape index (κ2) is 7.24. The molecular formula is C15H22N2OS. The molecule has 0 fully saturated rings. The molecule has 0 aromatic heterocycles. The largest absolute Gasteiger partial charge is 0.374 e. The number of nitrogens with one attached hydrogen (secondary N) is 1. The molecular weight excluding hydrogens is 256 g/mol. The van der Waals surface area contributed by atoms with E-state index in [1.54, 1.807) is 18.9 Å². The van der Waals surface area contributed by atoms with Crippen LogP contribution in [-0.2, 0) is 11.3 Å². The predicted molar refractivity (Wildman–Crippen MR) is 82.9 cm³/mol. The smallest absolute Gasteiger partial charge is 0.219 e. The van der Waals surface area contributed by atoms with Crippen molar-refractivity contribution >= 4 is 23.1 Å². The number of benzene rings is 1. The lowest BCUT2D eigenvalue weighted by Crippen LogP contribution is -2.48. The molecule has 1 rings (SSSR count). The fraction of sp³-hybridized carbons (Fsp3) is 0.467. The van der Waals surface area contributed by atoms with Gasteiger partial charge in [0.25, 0.3) is 0 Å². The number of carbonyl (C=O) groups excluding carboxylic acids is 1. The molecule has 1 aromatic rings. The number of hydrogen-bond acceptors (Lipinski definition) is 2. The Morgan fingerprint density at radius 3 is 2.37 bits per heavy atom. The van der Waals surface area contributed by atoms with Gasteiger partial charge in [-0.1, -0.05) is 56.4 Å². The fourth-order valence-electron chi connectivity index (χ4n) is 2.01. The molecule has 0 heterocycles. The number of rotatable bonds is 5. The highest BCUT2D eigenvalue weighted by atomic mass is 32.1. The third kappa shape index (κ3) is 4.63. The van der Waals surface area contributed by atoms with E-state index in [-0.39, 0.29) is 17.9 Å². The quantitative estimate of drug-likeness (QED) is 0.840. The summed E-state index contributed by atoms with van der Waals surface area (Å²) in [4.78, 5) is 13.9. The average molecular weight is 278 g/mol. The van der Waals surface area contributed by atoms with Crippen LogP contribution in [0, 0.1) is 5.92 Å². The van der Waals surface area contributed by atoms with Gasteiger partial charge in [-0.25, -0.2) is 0 Å². The Balaban J connectivity index is 2.65. The first-order valence-electron chi connectivity index (χ1n) is 6.48. The number of likely N-dealkylation sites (N-methyl/N-ethyl adjacent to an activating group) is 1. The van der Waals surface area contributed by atoms with Gasteiger partial charge in [0.05, 0.1) is 11.0 Å². The summed E-state index contributed by atoms with van der Waals surface area (Å²) in [7, 11) is 1.80. The van der Waals surface area contributed by atoms with Crippen molar-refractivity contribution in [2.45, 2.75) is 33.4 Å². The molecule has 1 atom stereocenters. The van der Waals surface area contributed by atoms with Crippen molar-refractivity contribution in [1.29, 1.82) is 0 Å². The third-order valence-electron chi connectivity index (χ3n) is 3.12. The van der Waals surface area contributed by atoms with Crippen molar-refractivity contribution in [2.75, 3.05) is 7.05 Å². The summed E-state index contributed by atoms with van der Waals surface area (Å²) >= 11 is 5.44. The second-order valence-corrected chi connectivity index (χ2v) is 5.46. The Kier molecular flexibility index (Phi) is 5.96. The number of hydrogen-bond donors (Lipinski definition) is 1. The van der Waals surface area contributed by atoms with Crippen molar-refractivity contribution in [3.05, 3.63) is 35.9 Å². The molecule has 3 nitrogen and oxygen atoms in total. The minimum atomic E-state index is -0.0591. The van der Waals surface area contributed by atoms with Gasteiger partial charge < -0.3 is 10.2 Å². The lowest BCUT2D eigenvalue weighted by atomic mass is 10.0. The van der Waals surface area contributed by atoms with Crippen LogP contribution in [0.5, 0.6) is 0 Å². The van der Waals surface area contributed by atoms with E-state index in [9.17, 15) is 4.79 Å². The number of carbonyl (C=O) groups is 1. The van der Waals surface area contributed by atoms with Crippen molar-refractivity contribution < 1.29 is 4.79 Å². The van der Waals surface area contributed by atoms with Gasteiger partial charge in [-0.15, -0.1) is 0 Å². The molecule has 104 valence electrons. The van der Waals surface area contributed by atoms with E-state index in [1.165, 1.54) is 5.56 Å². The van der Waals surface area contributed by atoms with E-state index in [4.69, 9.17) is 12.2 Å². The molecule has 0 saturated heterocycles. The minimum absolute atomic E-state index is 0.0301. The summed E-state index contributed by atoms with van der Waals surface area (Å²) in [6.45, 7) is 6.39. The summed E-state index contributed by atoms with van der Waals surface area (Å²) in [6.07, 6.45) is 0. The molecule has 19 heavy (non-hydrogen) atoms. The molecule has 1 amide bonds. The average Bonchev–Trinajstić information content (AvgIpc) is 2.37. The van der Waals surface area contributed by atoms with Crippen LogP contribution in [0.1, 0.15) is 26.3 Å². The summed E-state index contributed by atoms with van der Waals surface area (Å²) in [6, 6.07) is 10.0. The third-order valence-corrected chi connectivity index (χ3v) is 3.51. The van der Waals surface area contributed by atoms with E-state index in [0.29, 0.717) is 6.54 Å². The zero-order valence-electron chi connectivity index (χ0n) is 12.0. The second-order valence-electron chi connectivity index (χ2n) is 5.02. The van der Waals surface area contributed by atoms with Crippen LogP contribution in [-0.4, -0.2) is 28.9 Å².